The molecule has 140 valence electrons. The lowest BCUT2D eigenvalue weighted by atomic mass is 9.98. The second-order valence-corrected chi connectivity index (χ2v) is 7.80. The van der Waals surface area contributed by atoms with Crippen molar-refractivity contribution in [1.82, 2.24) is 5.32 Å². The lowest BCUT2D eigenvalue weighted by Crippen LogP contribution is -2.30. The first-order valence-electron chi connectivity index (χ1n) is 8.91. The molecule has 0 bridgehead atoms. The molecule has 0 radical (unpaired) electrons. The molecule has 1 aliphatic rings. The van der Waals surface area contributed by atoms with Crippen molar-refractivity contribution in [2.45, 2.75) is 44.8 Å². The molecule has 1 saturated carbocycles. The average Bonchev–Trinajstić information content (AvgIpc) is 3.15. The van der Waals surface area contributed by atoms with Crippen molar-refractivity contribution in [2.75, 3.05) is 0 Å². The maximum absolute atomic E-state index is 12.8. The molecule has 1 fully saturated rings. The predicted molar refractivity (Wildman–Crippen MR) is 97.1 cm³/mol. The average molecular weight is 381 g/mol. The molecule has 1 aromatic carbocycles. The normalized spacial score (nSPS) is 20.6. The van der Waals surface area contributed by atoms with Crippen LogP contribution in [0.1, 0.15) is 59.4 Å². The van der Waals surface area contributed by atoms with Crippen LogP contribution in [0.2, 0.25) is 0 Å². The van der Waals surface area contributed by atoms with Gasteiger partial charge >= 0.3 is 6.18 Å². The number of nitrogens with one attached hydrogen (secondary N) is 1. The van der Waals surface area contributed by atoms with Crippen molar-refractivity contribution < 1.29 is 18.0 Å². The molecule has 0 saturated heterocycles. The van der Waals surface area contributed by atoms with Gasteiger partial charge in [-0.3, -0.25) is 4.79 Å². The highest BCUT2D eigenvalue weighted by molar-refractivity contribution is 7.12. The monoisotopic (exact) mass is 381 g/mol. The smallest absolute Gasteiger partial charge is 0.344 e. The predicted octanol–water partition coefficient (Wildman–Crippen LogP) is 6.06. The zero-order chi connectivity index (χ0) is 18.7. The van der Waals surface area contributed by atoms with Crippen LogP contribution in [0.25, 0.3) is 0 Å². The Bertz CT molecular complexity index is 725. The Morgan fingerprint density at radius 3 is 2.58 bits per heavy atom. The Morgan fingerprint density at radius 2 is 2.00 bits per heavy atom. The van der Waals surface area contributed by atoms with Crippen LogP contribution in [0.5, 0.6) is 0 Å². The van der Waals surface area contributed by atoms with Crippen molar-refractivity contribution in [1.29, 1.82) is 0 Å². The number of rotatable bonds is 7. The molecule has 0 spiro atoms. The lowest BCUT2D eigenvalue weighted by molar-refractivity contribution is -0.137. The van der Waals surface area contributed by atoms with Gasteiger partial charge in [0.2, 0.25) is 0 Å². The van der Waals surface area contributed by atoms with E-state index >= 15 is 0 Å². The van der Waals surface area contributed by atoms with Crippen LogP contribution in [-0.4, -0.2) is 5.91 Å². The third kappa shape index (κ3) is 4.47. The second kappa shape index (κ2) is 7.82. The van der Waals surface area contributed by atoms with E-state index in [1.54, 1.807) is 6.07 Å². The fourth-order valence-corrected chi connectivity index (χ4v) is 4.04. The van der Waals surface area contributed by atoms with Gasteiger partial charge in [-0.05, 0) is 47.4 Å². The molecule has 1 aromatic heterocycles. The molecule has 1 N–H and O–H groups in total. The van der Waals surface area contributed by atoms with Crippen LogP contribution in [0.3, 0.4) is 0 Å². The minimum absolute atomic E-state index is 0.161. The number of hydrogen-bond acceptors (Lipinski definition) is 2. The molecule has 1 aliphatic carbocycles. The molecule has 1 heterocycles. The van der Waals surface area contributed by atoms with E-state index < -0.39 is 11.7 Å². The molecule has 3 rings (SSSR count). The summed E-state index contributed by atoms with van der Waals surface area (Å²) in [5.41, 5.74) is 0.0785. The summed E-state index contributed by atoms with van der Waals surface area (Å²) in [6, 6.07) is 8.52. The summed E-state index contributed by atoms with van der Waals surface area (Å²) in [7, 11) is 0. The Hall–Kier alpha value is -1.82. The van der Waals surface area contributed by atoms with E-state index in [4.69, 9.17) is 0 Å². The molecule has 6 heteroatoms. The highest BCUT2D eigenvalue weighted by Crippen LogP contribution is 2.50. The first-order chi connectivity index (χ1) is 12.4. The van der Waals surface area contributed by atoms with Crippen LogP contribution in [0.15, 0.2) is 41.8 Å². The quantitative estimate of drug-likeness (QED) is 0.620. The first-order valence-corrected chi connectivity index (χ1v) is 9.79. The summed E-state index contributed by atoms with van der Waals surface area (Å²) in [5.74, 6) is 0.666. The van der Waals surface area contributed by atoms with Crippen molar-refractivity contribution >= 4 is 17.2 Å². The van der Waals surface area contributed by atoms with Gasteiger partial charge in [-0.15, -0.1) is 11.3 Å². The number of carbonyl (C=O) groups excluding carboxylic acids is 1. The molecular formula is C20H22F3NOS. The maximum atomic E-state index is 12.8. The fourth-order valence-electron chi connectivity index (χ4n) is 3.41. The van der Waals surface area contributed by atoms with Gasteiger partial charge in [-0.25, -0.2) is 0 Å². The number of halogens is 3. The van der Waals surface area contributed by atoms with Gasteiger partial charge in [-0.2, -0.15) is 13.2 Å². The van der Waals surface area contributed by atoms with Crippen LogP contribution >= 0.6 is 11.3 Å². The van der Waals surface area contributed by atoms with E-state index in [-0.39, 0.29) is 11.9 Å². The first kappa shape index (κ1) is 19.0. The van der Waals surface area contributed by atoms with E-state index in [0.717, 1.165) is 43.4 Å². The van der Waals surface area contributed by atoms with Crippen LogP contribution in [0.4, 0.5) is 13.2 Å². The summed E-state index contributed by atoms with van der Waals surface area (Å²) in [6.07, 6.45) is 0.0244. The number of unbranched alkanes of at least 4 members (excludes halogenated alkanes) is 1. The second-order valence-electron chi connectivity index (χ2n) is 6.85. The van der Waals surface area contributed by atoms with Gasteiger partial charge in [0, 0.05) is 0 Å². The van der Waals surface area contributed by atoms with Crippen LogP contribution < -0.4 is 5.32 Å². The number of amides is 1. The molecule has 1 unspecified atom stereocenters. The van der Waals surface area contributed by atoms with E-state index in [2.05, 4.69) is 12.2 Å². The summed E-state index contributed by atoms with van der Waals surface area (Å²) < 4.78 is 38.5. The minimum Gasteiger partial charge on any atom is -0.344 e. The largest absolute Gasteiger partial charge is 0.416 e. The number of thiophene rings is 1. The van der Waals surface area contributed by atoms with Gasteiger partial charge in [0.15, 0.2) is 0 Å². The van der Waals surface area contributed by atoms with Crippen LogP contribution in [0, 0.1) is 11.8 Å². The van der Waals surface area contributed by atoms with E-state index in [0.29, 0.717) is 16.7 Å². The number of benzene rings is 1. The topological polar surface area (TPSA) is 29.1 Å². The Morgan fingerprint density at radius 1 is 1.27 bits per heavy atom. The highest BCUT2D eigenvalue weighted by Gasteiger charge is 2.43. The zero-order valence-electron chi connectivity index (χ0n) is 14.6. The minimum atomic E-state index is -4.35. The van der Waals surface area contributed by atoms with Gasteiger partial charge in [0.1, 0.15) is 0 Å². The van der Waals surface area contributed by atoms with E-state index in [1.165, 1.54) is 23.5 Å². The Labute approximate surface area is 155 Å². The molecular weight excluding hydrogens is 359 g/mol. The van der Waals surface area contributed by atoms with Gasteiger partial charge in [-0.1, -0.05) is 44.4 Å². The lowest BCUT2D eigenvalue weighted by Gasteiger charge is -2.20. The third-order valence-electron chi connectivity index (χ3n) is 4.96. The fraction of sp³-hybridized carbons (Fsp3) is 0.450. The summed E-state index contributed by atoms with van der Waals surface area (Å²) >= 11 is 1.36. The summed E-state index contributed by atoms with van der Waals surface area (Å²) in [6.45, 7) is 2.14. The third-order valence-corrected chi connectivity index (χ3v) is 5.83. The molecule has 3 atom stereocenters. The van der Waals surface area contributed by atoms with Gasteiger partial charge in [0.25, 0.3) is 5.91 Å². The maximum Gasteiger partial charge on any atom is 0.416 e. The molecule has 26 heavy (non-hydrogen) atoms. The van der Waals surface area contributed by atoms with Crippen molar-refractivity contribution in [3.63, 3.8) is 0 Å². The standard InChI is InChI=1S/C20H22F3NOS/c1-2-3-5-14-12-16(14)18(24-19(25)17-6-4-11-26-17)13-7-9-15(10-8-13)20(21,22)23/h4,6-11,14,16,18H,2-3,5,12H2,1H3,(H,24,25)/t14-,16+,18?/m1/s1. The van der Waals surface area contributed by atoms with E-state index in [1.807, 2.05) is 11.4 Å². The SMILES string of the molecule is CCCC[C@@H]1C[C@@H]1C(NC(=O)c1cccs1)c1ccc(C(F)(F)F)cc1. The molecule has 2 nitrogen and oxygen atoms in total. The van der Waals surface area contributed by atoms with Crippen molar-refractivity contribution in [3.8, 4) is 0 Å². The van der Waals surface area contributed by atoms with Crippen LogP contribution in [-0.2, 0) is 6.18 Å². The van der Waals surface area contributed by atoms with Crippen molar-refractivity contribution in [3.05, 3.63) is 57.8 Å². The Balaban J connectivity index is 1.78. The summed E-state index contributed by atoms with van der Waals surface area (Å²) in [4.78, 5) is 13.1. The molecule has 1 amide bonds. The molecule has 0 aliphatic heterocycles. The number of carbonyl (C=O) groups is 1. The van der Waals surface area contributed by atoms with Gasteiger partial charge in [0.05, 0.1) is 16.5 Å². The Kier molecular flexibility index (Phi) is 5.70. The highest BCUT2D eigenvalue weighted by atomic mass is 32.1. The molecule has 2 aromatic rings. The van der Waals surface area contributed by atoms with Gasteiger partial charge < -0.3 is 5.32 Å². The number of alkyl halides is 3. The summed E-state index contributed by atoms with van der Waals surface area (Å²) in [5, 5.41) is 4.89. The zero-order valence-corrected chi connectivity index (χ0v) is 15.4. The van der Waals surface area contributed by atoms with E-state index in [9.17, 15) is 18.0 Å². The number of hydrogen-bond donors (Lipinski definition) is 1. The van der Waals surface area contributed by atoms with Crippen molar-refractivity contribution in [2.24, 2.45) is 11.8 Å².